The molecule has 0 saturated carbocycles. The Bertz CT molecular complexity index is 582. The van der Waals surface area contributed by atoms with Crippen molar-refractivity contribution in [3.63, 3.8) is 0 Å². The van der Waals surface area contributed by atoms with Crippen molar-refractivity contribution >= 4 is 37.6 Å². The second-order valence-corrected chi connectivity index (χ2v) is 8.08. The van der Waals surface area contributed by atoms with Crippen molar-refractivity contribution < 1.29 is 12.8 Å². The zero-order valence-corrected chi connectivity index (χ0v) is 15.3. The highest BCUT2D eigenvalue weighted by Crippen LogP contribution is 2.30. The van der Waals surface area contributed by atoms with Gasteiger partial charge in [-0.2, -0.15) is 4.31 Å². The van der Waals surface area contributed by atoms with Crippen LogP contribution < -0.4 is 0 Å². The van der Waals surface area contributed by atoms with Crippen molar-refractivity contribution in [3.05, 3.63) is 16.5 Å². The lowest BCUT2D eigenvalue weighted by Crippen LogP contribution is -2.51. The Hall–Kier alpha value is -0.0800. The van der Waals surface area contributed by atoms with Crippen LogP contribution in [0.2, 0.25) is 0 Å². The van der Waals surface area contributed by atoms with Gasteiger partial charge in [-0.3, -0.25) is 4.90 Å². The minimum absolute atomic E-state index is 0.149. The molecule has 1 aliphatic heterocycles. The smallest absolute Gasteiger partial charge is 0.247 e. The molecule has 1 aliphatic rings. The lowest BCUT2D eigenvalue weighted by molar-refractivity contribution is 0.142. The minimum atomic E-state index is -3.53. The van der Waals surface area contributed by atoms with Gasteiger partial charge < -0.3 is 4.42 Å². The average Bonchev–Trinajstić information content (AvgIpc) is 2.88. The van der Waals surface area contributed by atoms with Gasteiger partial charge in [-0.25, -0.2) is 8.42 Å². The molecule has 1 atom stereocenters. The van der Waals surface area contributed by atoms with Crippen LogP contribution in [0.4, 0.5) is 0 Å². The van der Waals surface area contributed by atoms with Crippen molar-refractivity contribution in [1.82, 2.24) is 9.21 Å². The van der Waals surface area contributed by atoms with Crippen molar-refractivity contribution in [2.75, 3.05) is 26.2 Å². The highest BCUT2D eigenvalue weighted by atomic mass is 79.9. The zero-order chi connectivity index (χ0) is 15.6. The predicted octanol–water partition coefficient (Wildman–Crippen LogP) is 2.89. The van der Waals surface area contributed by atoms with Gasteiger partial charge in [0, 0.05) is 38.3 Å². The van der Waals surface area contributed by atoms with Gasteiger partial charge in [-0.15, -0.1) is 11.6 Å². The van der Waals surface area contributed by atoms with E-state index in [4.69, 9.17) is 16.0 Å². The lowest BCUT2D eigenvalue weighted by Gasteiger charge is -2.36. The fourth-order valence-corrected chi connectivity index (χ4v) is 4.94. The summed E-state index contributed by atoms with van der Waals surface area (Å²) in [7, 11) is -3.53. The second-order valence-electron chi connectivity index (χ2n) is 5.18. The van der Waals surface area contributed by atoms with Gasteiger partial charge in [0.1, 0.15) is 10.7 Å². The van der Waals surface area contributed by atoms with Crippen LogP contribution in [0.15, 0.2) is 20.0 Å². The number of rotatable bonds is 5. The third-order valence-corrected chi connectivity index (χ3v) is 6.96. The van der Waals surface area contributed by atoms with Crippen molar-refractivity contribution in [2.45, 2.75) is 37.1 Å². The molecule has 0 aromatic carbocycles. The van der Waals surface area contributed by atoms with Crippen LogP contribution in [0.25, 0.3) is 0 Å². The van der Waals surface area contributed by atoms with Gasteiger partial charge in [0.2, 0.25) is 10.0 Å². The monoisotopic (exact) mass is 398 g/mol. The first-order valence-electron chi connectivity index (χ1n) is 6.98. The van der Waals surface area contributed by atoms with E-state index in [-0.39, 0.29) is 15.4 Å². The molecule has 5 nitrogen and oxygen atoms in total. The van der Waals surface area contributed by atoms with E-state index in [0.29, 0.717) is 24.9 Å². The molecule has 1 saturated heterocycles. The largest absolute Gasteiger partial charge is 0.452 e. The molecule has 0 spiro atoms. The van der Waals surface area contributed by atoms with Crippen LogP contribution in [-0.2, 0) is 15.9 Å². The highest BCUT2D eigenvalue weighted by Gasteiger charge is 2.32. The Kier molecular flexibility index (Phi) is 5.76. The third kappa shape index (κ3) is 3.64. The molecule has 1 aromatic heterocycles. The van der Waals surface area contributed by atoms with E-state index in [1.165, 1.54) is 10.4 Å². The predicted molar refractivity (Wildman–Crippen MR) is 86.0 cm³/mol. The van der Waals surface area contributed by atoms with Crippen molar-refractivity contribution in [3.8, 4) is 0 Å². The number of halogens is 2. The molecule has 1 aromatic rings. The minimum Gasteiger partial charge on any atom is -0.452 e. The zero-order valence-electron chi connectivity index (χ0n) is 12.2. The number of piperazine rings is 1. The van der Waals surface area contributed by atoms with Crippen molar-refractivity contribution in [1.29, 1.82) is 0 Å². The molecule has 0 N–H and O–H groups in total. The van der Waals surface area contributed by atoms with Gasteiger partial charge in [-0.1, -0.05) is 6.92 Å². The fourth-order valence-electron chi connectivity index (χ4n) is 2.42. The molecular weight excluding hydrogens is 380 g/mol. The van der Waals surface area contributed by atoms with E-state index < -0.39 is 10.0 Å². The van der Waals surface area contributed by atoms with Crippen LogP contribution >= 0.6 is 27.5 Å². The summed E-state index contributed by atoms with van der Waals surface area (Å²) in [6.07, 6.45) is 1.07. The Morgan fingerprint density at radius 1 is 1.38 bits per heavy atom. The summed E-state index contributed by atoms with van der Waals surface area (Å²) < 4.78 is 32.3. The Morgan fingerprint density at radius 3 is 2.48 bits per heavy atom. The highest BCUT2D eigenvalue weighted by molar-refractivity contribution is 9.10. The summed E-state index contributed by atoms with van der Waals surface area (Å²) in [6, 6.07) is 1.98. The maximum absolute atomic E-state index is 12.7. The molecule has 8 heteroatoms. The summed E-state index contributed by atoms with van der Waals surface area (Å²) in [5.74, 6) is 0.593. The lowest BCUT2D eigenvalue weighted by atomic mass is 10.2. The first kappa shape index (κ1) is 17.3. The van der Waals surface area contributed by atoms with Gasteiger partial charge in [-0.05, 0) is 29.3 Å². The first-order chi connectivity index (χ1) is 9.90. The summed E-state index contributed by atoms with van der Waals surface area (Å²) in [5, 5.41) is 0. The quantitative estimate of drug-likeness (QED) is 0.714. The maximum atomic E-state index is 12.7. The second kappa shape index (κ2) is 7.00. The normalized spacial score (nSPS) is 19.8. The molecule has 2 rings (SSSR count). The Morgan fingerprint density at radius 2 is 2.00 bits per heavy atom. The van der Waals surface area contributed by atoms with Crippen LogP contribution in [0.1, 0.15) is 26.0 Å². The average molecular weight is 400 g/mol. The van der Waals surface area contributed by atoms with Crippen LogP contribution in [0, 0.1) is 0 Å². The number of sulfonamides is 1. The number of hydrogen-bond donors (Lipinski definition) is 0. The maximum Gasteiger partial charge on any atom is 0.247 e. The Labute approximate surface area is 139 Å². The van der Waals surface area contributed by atoms with E-state index in [1.54, 1.807) is 0 Å². The molecule has 2 heterocycles. The molecular formula is C13H20BrClN2O3S. The molecule has 1 fully saturated rings. The summed E-state index contributed by atoms with van der Waals surface area (Å²) in [4.78, 5) is 2.48. The van der Waals surface area contributed by atoms with Gasteiger partial charge in [0.05, 0.1) is 5.88 Å². The van der Waals surface area contributed by atoms with Crippen LogP contribution in [0.5, 0.6) is 0 Å². The van der Waals surface area contributed by atoms with E-state index in [2.05, 4.69) is 34.7 Å². The molecule has 21 heavy (non-hydrogen) atoms. The SMILES string of the molecule is CCC(C)N1CCN(S(=O)(=O)c2cc(CCl)oc2Br)CC1. The Balaban J connectivity index is 2.13. The fraction of sp³-hybridized carbons (Fsp3) is 0.692. The molecule has 0 radical (unpaired) electrons. The van der Waals surface area contributed by atoms with E-state index >= 15 is 0 Å². The molecule has 0 aliphatic carbocycles. The molecule has 0 bridgehead atoms. The third-order valence-electron chi connectivity index (χ3n) is 3.94. The number of alkyl halides is 1. The van der Waals surface area contributed by atoms with Gasteiger partial charge >= 0.3 is 0 Å². The van der Waals surface area contributed by atoms with Gasteiger partial charge in [0.25, 0.3) is 0 Å². The number of nitrogens with zero attached hydrogens (tertiary/aromatic N) is 2. The van der Waals surface area contributed by atoms with E-state index in [1.807, 2.05) is 0 Å². The molecule has 120 valence electrons. The van der Waals surface area contributed by atoms with Gasteiger partial charge in [0.15, 0.2) is 4.67 Å². The topological polar surface area (TPSA) is 53.8 Å². The van der Waals surface area contributed by atoms with E-state index in [9.17, 15) is 8.42 Å². The van der Waals surface area contributed by atoms with Crippen LogP contribution in [0.3, 0.4) is 0 Å². The number of furan rings is 1. The van der Waals surface area contributed by atoms with E-state index in [0.717, 1.165) is 19.5 Å². The summed E-state index contributed by atoms with van der Waals surface area (Å²) in [5.41, 5.74) is 0. The first-order valence-corrected chi connectivity index (χ1v) is 9.75. The number of hydrogen-bond acceptors (Lipinski definition) is 4. The standard InChI is InChI=1S/C13H20BrClN2O3S/c1-3-10(2)16-4-6-17(7-5-16)21(18,19)12-8-11(9-15)20-13(12)14/h8,10H,3-7,9H2,1-2H3. The summed E-state index contributed by atoms with van der Waals surface area (Å²) >= 11 is 8.85. The van der Waals surface area contributed by atoms with Crippen LogP contribution in [-0.4, -0.2) is 49.8 Å². The molecule has 0 amide bonds. The summed E-state index contributed by atoms with van der Waals surface area (Å²) in [6.45, 7) is 6.83. The molecule has 1 unspecified atom stereocenters. The van der Waals surface area contributed by atoms with Crippen molar-refractivity contribution in [2.24, 2.45) is 0 Å².